The van der Waals surface area contributed by atoms with Crippen molar-refractivity contribution < 1.29 is 0 Å². The van der Waals surface area contributed by atoms with Gasteiger partial charge in [0.2, 0.25) is 0 Å². The largest absolute Gasteiger partial charge is 3.00 e. The number of hydrogen-bond donors (Lipinski definition) is 0. The molecule has 0 aliphatic rings. The second kappa shape index (κ2) is 65.2. The van der Waals surface area contributed by atoms with Crippen LogP contribution in [-0.2, 0) is 0 Å². The zero-order valence-electron chi connectivity index (χ0n) is 3.94. The van der Waals surface area contributed by atoms with Gasteiger partial charge in [-0.2, -0.15) is 0 Å². The third-order valence-electron chi connectivity index (χ3n) is 0. The number of rotatable bonds is 0. The number of hydrogen-bond acceptors (Lipinski definition) is 0. The molecule has 9 heavy (non-hydrogen) atoms. The Morgan fingerprint density at radius 2 is 0.333 bits per heavy atom. The molecule has 0 N–H and O–H groups in total. The van der Waals surface area contributed by atoms with Crippen LogP contribution in [0.4, 0.5) is 0 Å². The van der Waals surface area contributed by atoms with Crippen molar-refractivity contribution in [3.63, 3.8) is 0 Å². The minimum atomic E-state index is 0. The van der Waals surface area contributed by atoms with Crippen molar-refractivity contribution in [3.05, 3.63) is 0 Å². The van der Waals surface area contributed by atoms with Crippen molar-refractivity contribution in [2.75, 3.05) is 0 Å². The molecule has 0 rings (SSSR count). The molecule has 0 saturated heterocycles. The molecule has 0 aromatic rings. The van der Waals surface area contributed by atoms with E-state index in [1.54, 1.807) is 0 Å². The molecule has 0 aliphatic heterocycles. The van der Waals surface area contributed by atoms with Crippen LogP contribution in [0.2, 0.25) is 0 Å². The molecule has 0 nitrogen and oxygen atoms in total. The minimum Gasteiger partial charge on any atom is -2.00 e. The van der Waals surface area contributed by atoms with Crippen molar-refractivity contribution in [3.8, 4) is 0 Å². The van der Waals surface area contributed by atoms with E-state index in [-0.39, 0.29) is 189 Å². The SMILES string of the molecule is [Pb+2].[Pb+2].[Sb+3].[Sb+3].[Se-2].[Se-2].[Se-2].[Se-2].[Se-2]. The fourth-order valence-electron chi connectivity index (χ4n) is 0. The van der Waals surface area contributed by atoms with Crippen molar-refractivity contribution in [1.82, 2.24) is 0 Å². The predicted molar refractivity (Wildman–Crippen MR) is 51.8 cm³/mol. The van der Waals surface area contributed by atoms with Gasteiger partial charge in [-0.15, -0.1) is 0 Å². The molecule has 8 radical (unpaired) electrons. The van der Waals surface area contributed by atoms with E-state index in [0.717, 1.165) is 0 Å². The van der Waals surface area contributed by atoms with E-state index in [9.17, 15) is 0 Å². The van der Waals surface area contributed by atoms with Crippen LogP contribution >= 0.6 is 0 Å². The quantitative estimate of drug-likeness (QED) is 0.222. The Morgan fingerprint density at radius 3 is 0.333 bits per heavy atom. The Kier molecular flexibility index (Phi) is 586. The van der Waals surface area contributed by atoms with Crippen LogP contribution in [0, 0.1) is 0 Å². The molecule has 0 aliphatic carbocycles. The van der Waals surface area contributed by atoms with Gasteiger partial charge in [0.05, 0.1) is 0 Å². The van der Waals surface area contributed by atoms with Gasteiger partial charge in [-0.3, -0.25) is 0 Å². The molecule has 0 atom stereocenters. The monoisotopic (exact) mass is 1060 g/mol. The molecule has 0 amide bonds. The van der Waals surface area contributed by atoms with Crippen molar-refractivity contribution in [2.45, 2.75) is 0 Å². The van der Waals surface area contributed by atoms with E-state index in [2.05, 4.69) is 0 Å². The summed E-state index contributed by atoms with van der Waals surface area (Å²) in [5.41, 5.74) is 0. The molecule has 0 saturated carbocycles. The molecule has 0 unspecified atom stereocenters. The maximum absolute atomic E-state index is 0. The fraction of sp³-hybridized carbons (Fsp3) is 0. The van der Waals surface area contributed by atoms with Crippen LogP contribution in [0.5, 0.6) is 0 Å². The average molecular weight is 1050 g/mol. The van der Waals surface area contributed by atoms with Gasteiger partial charge < -0.3 is 85.3 Å². The summed E-state index contributed by atoms with van der Waals surface area (Å²) in [6, 6.07) is 0. The first-order valence-electron chi connectivity index (χ1n) is 0. The van der Waals surface area contributed by atoms with Gasteiger partial charge >= 0.3 is 103 Å². The third-order valence-corrected chi connectivity index (χ3v) is 0. The summed E-state index contributed by atoms with van der Waals surface area (Å²) in [6.45, 7) is 0. The van der Waals surface area contributed by atoms with Crippen molar-refractivity contribution in [2.24, 2.45) is 0 Å². The van der Waals surface area contributed by atoms with Crippen LogP contribution < -0.4 is 0 Å². The summed E-state index contributed by atoms with van der Waals surface area (Å²) in [6.07, 6.45) is 0. The van der Waals surface area contributed by atoms with Gasteiger partial charge in [-0.1, -0.05) is 0 Å². The van der Waals surface area contributed by atoms with Crippen molar-refractivity contribution in [1.29, 1.82) is 0 Å². The molecule has 0 spiro atoms. The van der Waals surface area contributed by atoms with E-state index < -0.39 is 0 Å². The van der Waals surface area contributed by atoms with E-state index >= 15 is 0 Å². The Labute approximate surface area is 184 Å². The van der Waals surface area contributed by atoms with Gasteiger partial charge in [0, 0.05) is 0 Å². The maximum atomic E-state index is 0. The van der Waals surface area contributed by atoms with Crippen LogP contribution in [0.1, 0.15) is 0 Å². The summed E-state index contributed by atoms with van der Waals surface area (Å²) in [5, 5.41) is 0. The van der Waals surface area contributed by atoms with E-state index in [1.165, 1.54) is 0 Å². The minimum absolute atomic E-state index is 0. The topological polar surface area (TPSA) is 0 Å². The molecular formula is Pb2Sb2Se5. The van der Waals surface area contributed by atoms with Gasteiger partial charge in [-0.05, 0) is 0 Å². The van der Waals surface area contributed by atoms with E-state index in [1.807, 2.05) is 0 Å². The zero-order valence-corrected chi connectivity index (χ0v) is 25.4. The summed E-state index contributed by atoms with van der Waals surface area (Å²) >= 11 is 0. The van der Waals surface area contributed by atoms with Crippen LogP contribution in [-0.4, -0.2) is 189 Å². The van der Waals surface area contributed by atoms with E-state index in [4.69, 9.17) is 0 Å². The summed E-state index contributed by atoms with van der Waals surface area (Å²) < 4.78 is 0. The first-order valence-corrected chi connectivity index (χ1v) is 0. The standard InChI is InChI=1S/2Pb.2Sb.5Se/q2*+2;2*+3;5*-2. The summed E-state index contributed by atoms with van der Waals surface area (Å²) in [5.74, 6) is 0. The fourth-order valence-corrected chi connectivity index (χ4v) is 0. The molecule has 0 fully saturated rings. The Hall–Kier alpha value is 6.08. The molecule has 0 heterocycles. The summed E-state index contributed by atoms with van der Waals surface area (Å²) in [7, 11) is 0. The van der Waals surface area contributed by atoms with Gasteiger partial charge in [-0.25, -0.2) is 0 Å². The normalized spacial score (nSPS) is 0. The zero-order chi connectivity index (χ0) is 0. The van der Waals surface area contributed by atoms with Crippen molar-refractivity contribution >= 4 is 189 Å². The molecule has 0 aromatic carbocycles. The second-order valence-electron chi connectivity index (χ2n) is 0. The predicted octanol–water partition coefficient (Wildman–Crippen LogP) is -3.43. The van der Waals surface area contributed by atoms with E-state index in [0.29, 0.717) is 0 Å². The van der Waals surface area contributed by atoms with Crippen LogP contribution in [0.15, 0.2) is 0 Å². The van der Waals surface area contributed by atoms with Crippen LogP contribution in [0.3, 0.4) is 0 Å². The average Bonchev–Trinajstić information content (AvgIpc) is 0. The van der Waals surface area contributed by atoms with Gasteiger partial charge in [0.15, 0.2) is 0 Å². The summed E-state index contributed by atoms with van der Waals surface area (Å²) in [4.78, 5) is 0. The molecule has 48 valence electrons. The molecule has 9 heteroatoms. The molecular weight excluding hydrogens is 1050 g/mol. The molecule has 0 bridgehead atoms. The molecule has 0 aromatic heterocycles. The second-order valence-corrected chi connectivity index (χ2v) is 0. The Bertz CT molecular complexity index is 12.9. The maximum Gasteiger partial charge on any atom is 3.00 e. The third kappa shape index (κ3) is 55.6. The van der Waals surface area contributed by atoms with Gasteiger partial charge in [0.1, 0.15) is 0 Å². The van der Waals surface area contributed by atoms with Crippen LogP contribution in [0.25, 0.3) is 0 Å². The van der Waals surface area contributed by atoms with Gasteiger partial charge in [0.25, 0.3) is 0 Å². The smallest absolute Gasteiger partial charge is 2.00 e. The first kappa shape index (κ1) is 80.9. The first-order chi connectivity index (χ1) is 0. The Balaban J connectivity index is 0. The Morgan fingerprint density at radius 1 is 0.333 bits per heavy atom.